The van der Waals surface area contributed by atoms with Gasteiger partial charge in [0.25, 0.3) is 5.56 Å². The number of halogens is 1. The first-order chi connectivity index (χ1) is 16.6. The Morgan fingerprint density at radius 2 is 2.00 bits per heavy atom. The van der Waals surface area contributed by atoms with Crippen LogP contribution in [0.4, 0.5) is 5.82 Å². The average Bonchev–Trinajstić information content (AvgIpc) is 3.60. The lowest BCUT2D eigenvalue weighted by atomic mass is 10.00. The monoisotopic (exact) mass is 470 g/mol. The van der Waals surface area contributed by atoms with Crippen molar-refractivity contribution in [2.45, 2.75) is 25.3 Å². The molecule has 9 nitrogen and oxygen atoms in total. The van der Waals surface area contributed by atoms with E-state index < -0.39 is 0 Å². The van der Waals surface area contributed by atoms with E-state index in [0.29, 0.717) is 17.3 Å². The van der Waals surface area contributed by atoms with Gasteiger partial charge in [-0.3, -0.25) is 9.79 Å². The molecule has 5 heterocycles. The molecule has 2 aliphatic heterocycles. The normalized spacial score (nSPS) is 16.9. The number of nitrogens with two attached hydrogens (primary N) is 1. The minimum absolute atomic E-state index is 0.0645. The number of hydrogen-bond acceptors (Lipinski definition) is 7. The summed E-state index contributed by atoms with van der Waals surface area (Å²) in [5, 5.41) is 12.0. The summed E-state index contributed by atoms with van der Waals surface area (Å²) < 4.78 is 3.42. The maximum atomic E-state index is 13.3. The highest BCUT2D eigenvalue weighted by Gasteiger charge is 2.30. The van der Waals surface area contributed by atoms with Gasteiger partial charge in [0.1, 0.15) is 12.1 Å². The number of pyridine rings is 2. The van der Waals surface area contributed by atoms with Gasteiger partial charge in [0.2, 0.25) is 0 Å². The molecule has 0 fully saturated rings. The Balaban J connectivity index is 1.33. The van der Waals surface area contributed by atoms with E-state index in [4.69, 9.17) is 17.3 Å². The smallest absolute Gasteiger partial charge is 0.251 e. The van der Waals surface area contributed by atoms with Crippen LogP contribution < -0.4 is 11.3 Å². The van der Waals surface area contributed by atoms with Gasteiger partial charge < -0.3 is 10.3 Å². The fourth-order valence-corrected chi connectivity index (χ4v) is 4.87. The van der Waals surface area contributed by atoms with E-state index in [-0.39, 0.29) is 11.6 Å². The second kappa shape index (κ2) is 8.03. The van der Waals surface area contributed by atoms with E-state index in [2.05, 4.69) is 31.6 Å². The molecule has 10 heteroatoms. The molecule has 0 bridgehead atoms. The van der Waals surface area contributed by atoms with Crippen LogP contribution in [-0.2, 0) is 6.42 Å². The minimum Gasteiger partial charge on any atom is -0.384 e. The van der Waals surface area contributed by atoms with Crippen molar-refractivity contribution >= 4 is 28.7 Å². The first-order valence-corrected chi connectivity index (χ1v) is 11.2. The van der Waals surface area contributed by atoms with Crippen molar-refractivity contribution in [1.29, 1.82) is 0 Å². The third kappa shape index (κ3) is 3.50. The van der Waals surface area contributed by atoms with Gasteiger partial charge in [-0.05, 0) is 76.4 Å². The first-order valence-electron chi connectivity index (χ1n) is 10.8. The Bertz CT molecular complexity index is 1520. The molecule has 0 spiro atoms. The highest BCUT2D eigenvalue weighted by atomic mass is 35.5. The zero-order valence-corrected chi connectivity index (χ0v) is 18.7. The van der Waals surface area contributed by atoms with Crippen molar-refractivity contribution in [2.75, 3.05) is 5.73 Å². The van der Waals surface area contributed by atoms with Crippen LogP contribution >= 0.6 is 11.6 Å². The molecule has 0 amide bonds. The van der Waals surface area contributed by atoms with Gasteiger partial charge in [-0.15, -0.1) is 5.10 Å². The van der Waals surface area contributed by atoms with Crippen LogP contribution in [-0.4, -0.2) is 35.5 Å². The quantitative estimate of drug-likeness (QED) is 0.488. The zero-order chi connectivity index (χ0) is 23.2. The number of nitrogen functional groups attached to an aromatic ring is 1. The first kappa shape index (κ1) is 20.5. The molecular weight excluding hydrogens is 452 g/mol. The van der Waals surface area contributed by atoms with Crippen LogP contribution in [0.15, 0.2) is 71.0 Å². The molecule has 4 aromatic rings. The second-order valence-electron chi connectivity index (χ2n) is 8.34. The van der Waals surface area contributed by atoms with Crippen molar-refractivity contribution in [2.24, 2.45) is 4.99 Å². The summed E-state index contributed by atoms with van der Waals surface area (Å²) in [6.45, 7) is 0. The molecular formula is C24H19ClN8O. The molecule has 0 aliphatic carbocycles. The summed E-state index contributed by atoms with van der Waals surface area (Å²) in [4.78, 5) is 22.2. The highest BCUT2D eigenvalue weighted by molar-refractivity contribution is 6.31. The lowest BCUT2D eigenvalue weighted by Crippen LogP contribution is -2.27. The van der Waals surface area contributed by atoms with Crippen LogP contribution in [0.2, 0.25) is 5.02 Å². The maximum absolute atomic E-state index is 13.3. The SMILES string of the molecule is Nc1ccc(C2=CN=C(C3CCc4cc(-c5cc(Cl)ccc5-n5cnnn5)cc(=O)n43)C2)cn1. The highest BCUT2D eigenvalue weighted by Crippen LogP contribution is 2.35. The van der Waals surface area contributed by atoms with Crippen molar-refractivity contribution in [3.63, 3.8) is 0 Å². The largest absolute Gasteiger partial charge is 0.384 e. The topological polar surface area (TPSA) is 117 Å². The third-order valence-corrected chi connectivity index (χ3v) is 6.53. The molecule has 1 atom stereocenters. The minimum atomic E-state index is -0.0667. The summed E-state index contributed by atoms with van der Waals surface area (Å²) in [7, 11) is 0. The van der Waals surface area contributed by atoms with Gasteiger partial charge in [0, 0.05) is 46.9 Å². The lowest BCUT2D eigenvalue weighted by molar-refractivity contribution is 0.651. The Morgan fingerprint density at radius 3 is 2.79 bits per heavy atom. The van der Waals surface area contributed by atoms with Crippen LogP contribution in [0.3, 0.4) is 0 Å². The molecule has 34 heavy (non-hydrogen) atoms. The van der Waals surface area contributed by atoms with Gasteiger partial charge >= 0.3 is 0 Å². The Kier molecular flexibility index (Phi) is 4.84. The predicted molar refractivity (Wildman–Crippen MR) is 130 cm³/mol. The maximum Gasteiger partial charge on any atom is 0.251 e. The second-order valence-corrected chi connectivity index (χ2v) is 8.77. The molecule has 0 radical (unpaired) electrons. The number of hydrogen-bond donors (Lipinski definition) is 1. The van der Waals surface area contributed by atoms with Gasteiger partial charge in [-0.2, -0.15) is 4.68 Å². The molecule has 1 aromatic carbocycles. The number of benzene rings is 1. The number of aromatic nitrogens is 6. The van der Waals surface area contributed by atoms with Crippen molar-refractivity contribution in [3.05, 3.63) is 87.8 Å². The number of fused-ring (bicyclic) bond motifs is 1. The molecule has 2 N–H and O–H groups in total. The molecule has 0 saturated heterocycles. The molecule has 3 aromatic heterocycles. The number of nitrogens with zero attached hydrogens (tertiary/aromatic N) is 7. The molecule has 0 saturated carbocycles. The van der Waals surface area contributed by atoms with E-state index in [0.717, 1.165) is 52.2 Å². The standard InChI is InChI=1S/C24H19ClN8O/c25-17-2-4-21(32-13-29-30-31-32)19(10-17)15-7-18-3-5-22(33(18)24(34)9-15)20-8-16(12-27-20)14-1-6-23(26)28-11-14/h1-2,4,6-7,9-13,22H,3,5,8H2,(H2,26,28). The van der Waals surface area contributed by atoms with Crippen LogP contribution in [0, 0.1) is 0 Å². The van der Waals surface area contributed by atoms with Crippen LogP contribution in [0.25, 0.3) is 22.4 Å². The van der Waals surface area contributed by atoms with Gasteiger partial charge in [-0.1, -0.05) is 11.6 Å². The van der Waals surface area contributed by atoms with Gasteiger partial charge in [-0.25, -0.2) is 4.98 Å². The van der Waals surface area contributed by atoms with E-state index in [9.17, 15) is 4.79 Å². The summed E-state index contributed by atoms with van der Waals surface area (Å²) in [6.07, 6.45) is 7.43. The van der Waals surface area contributed by atoms with Crippen LogP contribution in [0.1, 0.15) is 30.1 Å². The molecule has 168 valence electrons. The molecule has 2 aliphatic rings. The van der Waals surface area contributed by atoms with Gasteiger partial charge in [0.15, 0.2) is 0 Å². The number of aryl methyl sites for hydroxylation is 1. The number of anilines is 1. The van der Waals surface area contributed by atoms with E-state index >= 15 is 0 Å². The Morgan fingerprint density at radius 1 is 1.09 bits per heavy atom. The van der Waals surface area contributed by atoms with Gasteiger partial charge in [0.05, 0.1) is 11.7 Å². The van der Waals surface area contributed by atoms with Crippen molar-refractivity contribution in [1.82, 2.24) is 29.8 Å². The van der Waals surface area contributed by atoms with Crippen molar-refractivity contribution < 1.29 is 0 Å². The number of rotatable bonds is 4. The van der Waals surface area contributed by atoms with Crippen LogP contribution in [0.5, 0.6) is 0 Å². The third-order valence-electron chi connectivity index (χ3n) is 6.30. The zero-order valence-electron chi connectivity index (χ0n) is 18.0. The fraction of sp³-hybridized carbons (Fsp3) is 0.167. The summed E-state index contributed by atoms with van der Waals surface area (Å²) >= 11 is 6.29. The van der Waals surface area contributed by atoms with Crippen molar-refractivity contribution in [3.8, 4) is 16.8 Å². The summed E-state index contributed by atoms with van der Waals surface area (Å²) in [5.41, 5.74) is 12.0. The summed E-state index contributed by atoms with van der Waals surface area (Å²) in [6, 6.07) is 12.8. The average molecular weight is 471 g/mol. The van der Waals surface area contributed by atoms with E-state index in [1.807, 2.05) is 29.0 Å². The van der Waals surface area contributed by atoms with E-state index in [1.165, 1.54) is 6.33 Å². The Labute approximate surface area is 199 Å². The number of allylic oxidation sites excluding steroid dienone is 1. The number of aliphatic imine (C=N–C) groups is 1. The molecule has 6 rings (SSSR count). The fourth-order valence-electron chi connectivity index (χ4n) is 4.70. The molecule has 1 unspecified atom stereocenters. The number of tetrazole rings is 1. The predicted octanol–water partition coefficient (Wildman–Crippen LogP) is 3.49. The lowest BCUT2D eigenvalue weighted by Gasteiger charge is -2.17. The Hall–Kier alpha value is -4.11. The van der Waals surface area contributed by atoms with E-state index in [1.54, 1.807) is 29.1 Å². The summed E-state index contributed by atoms with van der Waals surface area (Å²) in [5.74, 6) is 0.485.